The highest BCUT2D eigenvalue weighted by molar-refractivity contribution is 8.16. The third kappa shape index (κ3) is 5.82. The molecule has 2 aliphatic heterocycles. The van der Waals surface area contributed by atoms with Crippen molar-refractivity contribution in [2.45, 2.75) is 59.2 Å². The van der Waals surface area contributed by atoms with E-state index in [-0.39, 0.29) is 12.3 Å². The molecule has 4 rings (SSSR count). The van der Waals surface area contributed by atoms with Crippen molar-refractivity contribution in [3.63, 3.8) is 0 Å². The summed E-state index contributed by atoms with van der Waals surface area (Å²) < 4.78 is 5.77. The highest BCUT2D eigenvalue weighted by Crippen LogP contribution is 2.45. The zero-order valence-corrected chi connectivity index (χ0v) is 21.5. The molecule has 2 aliphatic rings. The molecule has 0 radical (unpaired) electrons. The van der Waals surface area contributed by atoms with Crippen molar-refractivity contribution in [2.24, 2.45) is 4.99 Å². The Kier molecular flexibility index (Phi) is 7.12. The quantitative estimate of drug-likeness (QED) is 0.573. The molecule has 0 saturated heterocycles. The third-order valence-electron chi connectivity index (χ3n) is 5.55. The molecule has 0 aliphatic carbocycles. The van der Waals surface area contributed by atoms with Crippen LogP contribution in [0.3, 0.4) is 0 Å². The van der Waals surface area contributed by atoms with E-state index in [0.717, 1.165) is 27.7 Å². The average molecular weight is 491 g/mol. The van der Waals surface area contributed by atoms with Crippen molar-refractivity contribution < 1.29 is 14.3 Å². The van der Waals surface area contributed by atoms with Crippen LogP contribution in [0.4, 0.5) is 0 Å². The van der Waals surface area contributed by atoms with Crippen molar-refractivity contribution in [2.75, 3.05) is 0 Å². The number of rotatable bonds is 6. The fraction of sp³-hybridized carbons (Fsp3) is 0.333. The number of benzene rings is 1. The number of fused-ring (bicyclic) bond motifs is 1. The molecule has 0 bridgehead atoms. The second kappa shape index (κ2) is 10.1. The van der Waals surface area contributed by atoms with Gasteiger partial charge in [-0.2, -0.15) is 0 Å². The van der Waals surface area contributed by atoms with Gasteiger partial charge in [-0.15, -0.1) is 0 Å². The van der Waals surface area contributed by atoms with E-state index in [9.17, 15) is 9.59 Å². The zero-order valence-electron chi connectivity index (χ0n) is 20.7. The van der Waals surface area contributed by atoms with E-state index in [4.69, 9.17) is 9.73 Å². The minimum absolute atomic E-state index is 0.128. The van der Waals surface area contributed by atoms with Crippen LogP contribution in [0.25, 0.3) is 0 Å². The molecule has 2 aromatic rings. The van der Waals surface area contributed by atoms with E-state index in [2.05, 4.69) is 10.3 Å². The third-order valence-corrected chi connectivity index (χ3v) is 6.44. The van der Waals surface area contributed by atoms with Gasteiger partial charge in [0.25, 0.3) is 0 Å². The molecule has 1 atom stereocenters. The summed E-state index contributed by atoms with van der Waals surface area (Å²) in [7, 11) is 0. The van der Waals surface area contributed by atoms with E-state index in [1.54, 1.807) is 6.20 Å². The van der Waals surface area contributed by atoms with Crippen molar-refractivity contribution in [3.05, 3.63) is 87.9 Å². The number of aromatic nitrogens is 1. The molecule has 1 N–H and O–H groups in total. The molecule has 182 valence electrons. The van der Waals surface area contributed by atoms with E-state index >= 15 is 0 Å². The molecule has 1 aromatic carbocycles. The summed E-state index contributed by atoms with van der Waals surface area (Å²) in [6.07, 6.45) is 1.86. The SMILES string of the molecule is CC1=C(C(=O)OC(C)(C)C)C(c2ccc(C)cc2)N2C(CC(=O)NCc3ccccn3)=CSC2=N1. The minimum atomic E-state index is -0.643. The Hall–Kier alpha value is -3.39. The fourth-order valence-corrected chi connectivity index (χ4v) is 4.91. The second-order valence-corrected chi connectivity index (χ2v) is 10.4. The lowest BCUT2D eigenvalue weighted by Gasteiger charge is -2.37. The molecule has 3 heterocycles. The molecule has 1 amide bonds. The lowest BCUT2D eigenvalue weighted by Crippen LogP contribution is -2.39. The number of carbonyl (C=O) groups excluding carboxylic acids is 2. The number of aliphatic imine (C=N–C) groups is 1. The summed E-state index contributed by atoms with van der Waals surface area (Å²) in [5.74, 6) is -0.532. The minimum Gasteiger partial charge on any atom is -0.456 e. The first-order chi connectivity index (χ1) is 16.6. The van der Waals surface area contributed by atoms with Crippen molar-refractivity contribution in [1.82, 2.24) is 15.2 Å². The smallest absolute Gasteiger partial charge is 0.338 e. The summed E-state index contributed by atoms with van der Waals surface area (Å²) in [6, 6.07) is 13.2. The predicted molar refractivity (Wildman–Crippen MR) is 138 cm³/mol. The Labute approximate surface area is 210 Å². The normalized spacial score (nSPS) is 17.5. The van der Waals surface area contributed by atoms with Gasteiger partial charge in [-0.3, -0.25) is 9.78 Å². The number of nitrogens with one attached hydrogen (secondary N) is 1. The highest BCUT2D eigenvalue weighted by Gasteiger charge is 2.41. The topological polar surface area (TPSA) is 83.9 Å². The number of hydrogen-bond donors (Lipinski definition) is 1. The number of hydrogen-bond acceptors (Lipinski definition) is 7. The average Bonchev–Trinajstić information content (AvgIpc) is 3.18. The lowest BCUT2D eigenvalue weighted by molar-refractivity contribution is -0.150. The number of nitrogens with zero attached hydrogens (tertiary/aromatic N) is 3. The van der Waals surface area contributed by atoms with Gasteiger partial charge in [-0.25, -0.2) is 9.79 Å². The Balaban J connectivity index is 1.62. The maximum absolute atomic E-state index is 13.4. The lowest BCUT2D eigenvalue weighted by atomic mass is 9.93. The van der Waals surface area contributed by atoms with E-state index < -0.39 is 17.6 Å². The van der Waals surface area contributed by atoms with Crippen LogP contribution >= 0.6 is 11.8 Å². The maximum atomic E-state index is 13.4. The zero-order chi connectivity index (χ0) is 25.2. The van der Waals surface area contributed by atoms with Gasteiger partial charge < -0.3 is 15.0 Å². The van der Waals surface area contributed by atoms with E-state index in [1.165, 1.54) is 11.8 Å². The van der Waals surface area contributed by atoms with Crippen LogP contribution in [0.1, 0.15) is 57.0 Å². The number of aryl methyl sites for hydroxylation is 1. The Morgan fingerprint density at radius 1 is 1.11 bits per heavy atom. The molecular formula is C27H30N4O3S. The van der Waals surface area contributed by atoms with Gasteiger partial charge in [-0.05, 0) is 57.7 Å². The van der Waals surface area contributed by atoms with Crippen LogP contribution < -0.4 is 5.32 Å². The largest absolute Gasteiger partial charge is 0.456 e. The molecule has 0 fully saturated rings. The van der Waals surface area contributed by atoms with Crippen LogP contribution in [0, 0.1) is 6.92 Å². The maximum Gasteiger partial charge on any atom is 0.338 e. The number of amides is 1. The van der Waals surface area contributed by atoms with Gasteiger partial charge in [-0.1, -0.05) is 47.7 Å². The number of esters is 1. The first kappa shape index (κ1) is 24.7. The monoisotopic (exact) mass is 490 g/mol. The van der Waals surface area contributed by atoms with E-state index in [1.807, 2.05) is 87.4 Å². The van der Waals surface area contributed by atoms with Crippen LogP contribution in [-0.4, -0.2) is 32.5 Å². The van der Waals surface area contributed by atoms with Crippen molar-refractivity contribution in [3.8, 4) is 0 Å². The Morgan fingerprint density at radius 2 is 1.86 bits per heavy atom. The van der Waals surface area contributed by atoms with Gasteiger partial charge >= 0.3 is 5.97 Å². The fourth-order valence-electron chi connectivity index (χ4n) is 3.95. The van der Waals surface area contributed by atoms with Gasteiger partial charge in [0.2, 0.25) is 5.91 Å². The molecule has 0 spiro atoms. The molecule has 0 saturated carbocycles. The second-order valence-electron chi connectivity index (χ2n) is 9.58. The number of amidine groups is 1. The van der Waals surface area contributed by atoms with Gasteiger partial charge in [0.05, 0.1) is 36.0 Å². The molecule has 8 heteroatoms. The standard InChI is InChI=1S/C27H30N4O3S/c1-17-9-11-19(12-10-17)24-23(25(33)34-27(3,4)5)18(2)30-26-31(24)21(16-35-26)14-22(32)29-15-20-8-6-7-13-28-20/h6-13,16,24H,14-15H2,1-5H3,(H,29,32). The number of pyridine rings is 1. The van der Waals surface area contributed by atoms with Crippen LogP contribution in [0.2, 0.25) is 0 Å². The molecule has 7 nitrogen and oxygen atoms in total. The van der Waals surface area contributed by atoms with Crippen molar-refractivity contribution >= 4 is 28.8 Å². The molecular weight excluding hydrogens is 460 g/mol. The van der Waals surface area contributed by atoms with Crippen LogP contribution in [0.15, 0.2) is 76.0 Å². The Bertz CT molecular complexity index is 1210. The van der Waals surface area contributed by atoms with Crippen LogP contribution in [-0.2, 0) is 20.9 Å². The van der Waals surface area contributed by atoms with E-state index in [0.29, 0.717) is 17.8 Å². The summed E-state index contributed by atoms with van der Waals surface area (Å²) in [5, 5.41) is 5.62. The molecule has 1 unspecified atom stereocenters. The summed E-state index contributed by atoms with van der Waals surface area (Å²) in [4.78, 5) is 37.2. The van der Waals surface area contributed by atoms with Gasteiger partial charge in [0, 0.05) is 11.9 Å². The number of thioether (sulfide) groups is 1. The van der Waals surface area contributed by atoms with Crippen molar-refractivity contribution in [1.29, 1.82) is 0 Å². The highest BCUT2D eigenvalue weighted by atomic mass is 32.2. The summed E-state index contributed by atoms with van der Waals surface area (Å²) in [6.45, 7) is 9.76. The van der Waals surface area contributed by atoms with Gasteiger partial charge in [0.15, 0.2) is 5.17 Å². The predicted octanol–water partition coefficient (Wildman–Crippen LogP) is 5.01. The Morgan fingerprint density at radius 3 is 2.51 bits per heavy atom. The summed E-state index contributed by atoms with van der Waals surface area (Å²) in [5.41, 5.74) is 4.10. The first-order valence-electron chi connectivity index (χ1n) is 11.5. The van der Waals surface area contributed by atoms with Crippen LogP contribution in [0.5, 0.6) is 0 Å². The van der Waals surface area contributed by atoms with Gasteiger partial charge in [0.1, 0.15) is 5.60 Å². The first-order valence-corrected chi connectivity index (χ1v) is 12.4. The number of allylic oxidation sites excluding steroid dienone is 1. The summed E-state index contributed by atoms with van der Waals surface area (Å²) >= 11 is 1.46. The number of ether oxygens (including phenoxy) is 1. The molecule has 1 aromatic heterocycles. The number of carbonyl (C=O) groups is 2. The molecule has 35 heavy (non-hydrogen) atoms.